The van der Waals surface area contributed by atoms with Crippen LogP contribution in [0.5, 0.6) is 0 Å². The number of amides is 3. The molecule has 1 saturated carbocycles. The lowest BCUT2D eigenvalue weighted by Gasteiger charge is -2.35. The number of rotatable bonds is 10. The number of hydrogen-bond acceptors (Lipinski definition) is 7. The Hall–Kier alpha value is -4.45. The number of carbonyl (C=O) groups excluding carboxylic acids is 3. The van der Waals surface area contributed by atoms with Gasteiger partial charge in [-0.15, -0.1) is 0 Å². The van der Waals surface area contributed by atoms with Crippen molar-refractivity contribution >= 4 is 40.5 Å². The second kappa shape index (κ2) is 14.5. The zero-order valence-corrected chi connectivity index (χ0v) is 26.9. The van der Waals surface area contributed by atoms with Crippen molar-refractivity contribution in [2.45, 2.75) is 83.3 Å². The summed E-state index contributed by atoms with van der Waals surface area (Å²) in [6, 6.07) is 14.2. The molecule has 2 fully saturated rings. The van der Waals surface area contributed by atoms with Crippen molar-refractivity contribution in [1.29, 1.82) is 0 Å². The Bertz CT molecular complexity index is 1580. The highest BCUT2D eigenvalue weighted by Crippen LogP contribution is 2.35. The molecule has 252 valence electrons. The fourth-order valence-corrected chi connectivity index (χ4v) is 6.46. The fourth-order valence-electron chi connectivity index (χ4n) is 6.46. The van der Waals surface area contributed by atoms with E-state index in [-0.39, 0.29) is 30.1 Å². The van der Waals surface area contributed by atoms with E-state index in [1.807, 2.05) is 30.3 Å². The van der Waals surface area contributed by atoms with Gasteiger partial charge in [-0.25, -0.2) is 14.0 Å². The van der Waals surface area contributed by atoms with Gasteiger partial charge in [0, 0.05) is 23.5 Å². The van der Waals surface area contributed by atoms with Crippen molar-refractivity contribution in [3.63, 3.8) is 0 Å². The van der Waals surface area contributed by atoms with Gasteiger partial charge in [-0.05, 0) is 88.6 Å². The minimum absolute atomic E-state index is 0.143. The van der Waals surface area contributed by atoms with Crippen LogP contribution in [-0.2, 0) is 25.7 Å². The molecule has 3 aromatic rings. The van der Waals surface area contributed by atoms with E-state index >= 15 is 0 Å². The van der Waals surface area contributed by atoms with Crippen LogP contribution in [0.3, 0.4) is 0 Å². The molecule has 2 aromatic carbocycles. The Balaban J connectivity index is 1.27. The van der Waals surface area contributed by atoms with Crippen LogP contribution in [0.1, 0.15) is 69.0 Å². The number of carboxylic acids is 1. The molecule has 0 unspecified atom stereocenters. The minimum atomic E-state index is -1.20. The maximum atomic E-state index is 14.0. The highest BCUT2D eigenvalue weighted by Gasteiger charge is 2.45. The summed E-state index contributed by atoms with van der Waals surface area (Å²) in [6.45, 7) is 5.10. The summed E-state index contributed by atoms with van der Waals surface area (Å²) in [5.41, 5.74) is 1.04. The molecule has 2 aliphatic rings. The molecule has 1 aliphatic carbocycles. The number of nitrogens with zero attached hydrogens (tertiary/aromatic N) is 1. The summed E-state index contributed by atoms with van der Waals surface area (Å²) >= 11 is 0. The predicted octanol–water partition coefficient (Wildman–Crippen LogP) is 5.93. The molecule has 0 spiro atoms. The quantitative estimate of drug-likeness (QED) is 0.245. The number of likely N-dealkylation sites (tertiary alicyclic amines) is 1. The van der Waals surface area contributed by atoms with Gasteiger partial charge in [0.2, 0.25) is 17.6 Å². The van der Waals surface area contributed by atoms with Crippen LogP contribution < -0.4 is 10.6 Å². The first-order valence-corrected chi connectivity index (χ1v) is 16.0. The molecular weight excluding hydrogens is 609 g/mol. The predicted molar refractivity (Wildman–Crippen MR) is 172 cm³/mol. The van der Waals surface area contributed by atoms with Gasteiger partial charge in [-0.1, -0.05) is 30.3 Å². The van der Waals surface area contributed by atoms with E-state index in [0.29, 0.717) is 55.3 Å². The second-order valence-electron chi connectivity index (χ2n) is 13.3. The highest BCUT2D eigenvalue weighted by molar-refractivity contribution is 6.00. The summed E-state index contributed by atoms with van der Waals surface area (Å²) < 4.78 is 30.8. The normalized spacial score (nSPS) is 22.1. The third-order valence-electron chi connectivity index (χ3n) is 8.75. The van der Waals surface area contributed by atoms with Crippen LogP contribution in [0, 0.1) is 11.8 Å². The SMILES string of the molecule is CC(C)(C)OC(=O)N[C@H](CF)C1CCC(C(=O)N2CC[C@H](OCc3ccccc3)[C@@H]2C(=O)Nc2ccc3oc(C(=O)O)cc3c2)CC1. The molecule has 0 radical (unpaired) electrons. The first kappa shape index (κ1) is 33.9. The number of anilines is 1. The molecule has 1 aliphatic heterocycles. The molecule has 3 atom stereocenters. The summed E-state index contributed by atoms with van der Waals surface area (Å²) in [7, 11) is 0. The highest BCUT2D eigenvalue weighted by atomic mass is 19.1. The van der Waals surface area contributed by atoms with Crippen molar-refractivity contribution in [2.75, 3.05) is 18.5 Å². The first-order valence-electron chi connectivity index (χ1n) is 16.0. The molecule has 5 rings (SSSR count). The van der Waals surface area contributed by atoms with E-state index in [1.54, 1.807) is 43.9 Å². The maximum absolute atomic E-state index is 14.0. The number of fused-ring (bicyclic) bond motifs is 1. The van der Waals surface area contributed by atoms with Crippen LogP contribution in [0.25, 0.3) is 11.0 Å². The van der Waals surface area contributed by atoms with E-state index in [1.165, 1.54) is 6.07 Å². The Kier molecular flexibility index (Phi) is 10.5. The zero-order valence-electron chi connectivity index (χ0n) is 26.9. The van der Waals surface area contributed by atoms with Crippen LogP contribution in [-0.4, -0.2) is 70.9 Å². The average Bonchev–Trinajstić information content (AvgIpc) is 3.67. The maximum Gasteiger partial charge on any atom is 0.407 e. The van der Waals surface area contributed by atoms with Gasteiger partial charge in [0.1, 0.15) is 23.9 Å². The molecule has 1 aromatic heterocycles. The minimum Gasteiger partial charge on any atom is -0.475 e. The Morgan fingerprint density at radius 1 is 1.02 bits per heavy atom. The van der Waals surface area contributed by atoms with Gasteiger partial charge < -0.3 is 34.5 Å². The summed E-state index contributed by atoms with van der Waals surface area (Å²) in [5.74, 6) is -2.47. The van der Waals surface area contributed by atoms with Crippen molar-refractivity contribution in [3.05, 3.63) is 65.9 Å². The van der Waals surface area contributed by atoms with Crippen molar-refractivity contribution in [2.24, 2.45) is 11.8 Å². The number of ether oxygens (including phenoxy) is 2. The van der Waals surface area contributed by atoms with Gasteiger partial charge in [0.25, 0.3) is 0 Å². The number of furan rings is 1. The monoisotopic (exact) mass is 651 g/mol. The number of alkyl carbamates (subject to hydrolysis) is 1. The molecule has 0 bridgehead atoms. The summed E-state index contributed by atoms with van der Waals surface area (Å²) in [5, 5.41) is 15.3. The van der Waals surface area contributed by atoms with Crippen molar-refractivity contribution in [1.82, 2.24) is 10.2 Å². The lowest BCUT2D eigenvalue weighted by atomic mass is 9.78. The number of alkyl halides is 1. The van der Waals surface area contributed by atoms with Crippen LogP contribution in [0.4, 0.5) is 14.9 Å². The molecule has 3 amide bonds. The number of benzene rings is 2. The van der Waals surface area contributed by atoms with E-state index in [0.717, 1.165) is 5.56 Å². The van der Waals surface area contributed by atoms with Gasteiger partial charge in [-0.3, -0.25) is 9.59 Å². The number of aromatic carboxylic acids is 1. The van der Waals surface area contributed by atoms with Gasteiger partial charge in [0.15, 0.2) is 0 Å². The van der Waals surface area contributed by atoms with E-state index in [2.05, 4.69) is 10.6 Å². The van der Waals surface area contributed by atoms with Crippen molar-refractivity contribution < 1.29 is 42.6 Å². The standard InChI is InChI=1S/C35H42FN3O8/c1-35(2,3)47-34(44)38-26(19-36)22-9-11-23(12-10-22)32(41)39-16-15-28(45-20-21-7-5-4-6-8-21)30(39)31(40)37-25-13-14-27-24(17-25)18-29(46-27)33(42)43/h4-8,13-14,17-18,22-23,26,28,30H,9-12,15-16,19-20H2,1-3H3,(H,37,40)(H,38,44)(H,42,43)/t22?,23?,26-,28+,30-/m1/s1. The van der Waals surface area contributed by atoms with E-state index < -0.39 is 48.4 Å². The largest absolute Gasteiger partial charge is 0.475 e. The third-order valence-corrected chi connectivity index (χ3v) is 8.75. The average molecular weight is 652 g/mol. The lowest BCUT2D eigenvalue weighted by Crippen LogP contribution is -2.51. The fraction of sp³-hybridized carbons (Fsp3) is 0.486. The smallest absolute Gasteiger partial charge is 0.407 e. The molecule has 11 nitrogen and oxygen atoms in total. The summed E-state index contributed by atoms with van der Waals surface area (Å²) in [6.07, 6.45) is 1.34. The molecular formula is C35H42FN3O8. The Morgan fingerprint density at radius 3 is 2.40 bits per heavy atom. The van der Waals surface area contributed by atoms with Gasteiger partial charge >= 0.3 is 12.1 Å². The Labute approximate surface area is 272 Å². The van der Waals surface area contributed by atoms with Gasteiger partial charge in [-0.2, -0.15) is 0 Å². The second-order valence-corrected chi connectivity index (χ2v) is 13.3. The number of halogens is 1. The third kappa shape index (κ3) is 8.48. The lowest BCUT2D eigenvalue weighted by molar-refractivity contribution is -0.144. The van der Waals surface area contributed by atoms with Crippen LogP contribution in [0.15, 0.2) is 59.0 Å². The first-order chi connectivity index (χ1) is 22.4. The number of nitrogens with one attached hydrogen (secondary N) is 2. The molecule has 2 heterocycles. The topological polar surface area (TPSA) is 147 Å². The molecule has 1 saturated heterocycles. The number of carboxylic acid groups (broad SMARTS) is 1. The van der Waals surface area contributed by atoms with E-state index in [9.17, 15) is 28.7 Å². The zero-order chi connectivity index (χ0) is 33.7. The summed E-state index contributed by atoms with van der Waals surface area (Å²) in [4.78, 5) is 53.1. The Morgan fingerprint density at radius 2 is 1.74 bits per heavy atom. The van der Waals surface area contributed by atoms with Crippen LogP contribution in [0.2, 0.25) is 0 Å². The van der Waals surface area contributed by atoms with E-state index in [4.69, 9.17) is 13.9 Å². The van der Waals surface area contributed by atoms with Crippen LogP contribution >= 0.6 is 0 Å². The molecule has 3 N–H and O–H groups in total. The van der Waals surface area contributed by atoms with Crippen molar-refractivity contribution in [3.8, 4) is 0 Å². The number of carbonyl (C=O) groups is 4. The van der Waals surface area contributed by atoms with Gasteiger partial charge in [0.05, 0.1) is 18.8 Å². The number of hydrogen-bond donors (Lipinski definition) is 3. The molecule has 12 heteroatoms. The molecule has 47 heavy (non-hydrogen) atoms.